The van der Waals surface area contributed by atoms with E-state index >= 15 is 0 Å². The van der Waals surface area contributed by atoms with E-state index in [1.54, 1.807) is 0 Å². The molecule has 2 heterocycles. The predicted octanol–water partition coefficient (Wildman–Crippen LogP) is 2.58. The number of allylic oxidation sites excluding steroid dienone is 2. The van der Waals surface area contributed by atoms with Gasteiger partial charge in [-0.25, -0.2) is 0 Å². The minimum absolute atomic E-state index is 0. The zero-order valence-corrected chi connectivity index (χ0v) is 19.9. The van der Waals surface area contributed by atoms with Gasteiger partial charge in [-0.15, -0.1) is 11.6 Å². The van der Waals surface area contributed by atoms with Crippen molar-refractivity contribution in [3.05, 3.63) is 12.2 Å². The lowest BCUT2D eigenvalue weighted by Crippen LogP contribution is -2.56. The summed E-state index contributed by atoms with van der Waals surface area (Å²) in [4.78, 5) is 15.5. The van der Waals surface area contributed by atoms with Crippen LogP contribution >= 0.6 is 11.6 Å². The molecule has 5 atom stereocenters. The summed E-state index contributed by atoms with van der Waals surface area (Å²) in [6, 6.07) is -0.122. The highest BCUT2D eigenvalue weighted by Gasteiger charge is 2.42. The van der Waals surface area contributed by atoms with Gasteiger partial charge in [0.15, 0.2) is 0 Å². The van der Waals surface area contributed by atoms with Gasteiger partial charge in [0.2, 0.25) is 5.91 Å². The number of carbonyl (C=O) groups excluding carboxylic acids is 1. The Balaban J connectivity index is 0.00000225. The number of amides is 1. The zero-order chi connectivity index (χ0) is 20.3. The lowest BCUT2D eigenvalue weighted by atomic mass is 9.65. The Morgan fingerprint density at radius 3 is 2.47 bits per heavy atom. The Morgan fingerprint density at radius 1 is 1.20 bits per heavy atom. The molecule has 2 fully saturated rings. The van der Waals surface area contributed by atoms with Crippen molar-refractivity contribution >= 4 is 17.5 Å². The minimum atomic E-state index is -0.122. The Kier molecular flexibility index (Phi) is 10.8. The van der Waals surface area contributed by atoms with Gasteiger partial charge in [-0.05, 0) is 55.3 Å². The van der Waals surface area contributed by atoms with Gasteiger partial charge >= 0.3 is 0 Å². The molecule has 0 spiro atoms. The highest BCUT2D eigenvalue weighted by Crippen LogP contribution is 2.43. The van der Waals surface area contributed by atoms with Crippen molar-refractivity contribution in [2.75, 3.05) is 26.2 Å². The maximum atomic E-state index is 13.3. The normalized spacial score (nSPS) is 31.7. The molecule has 3 rings (SSSR count). The van der Waals surface area contributed by atoms with E-state index in [0.717, 1.165) is 51.9 Å². The number of alkyl halides is 1. The molecule has 0 aromatic heterocycles. The molecule has 0 bridgehead atoms. The number of halogens is 1. The van der Waals surface area contributed by atoms with E-state index < -0.39 is 0 Å². The Morgan fingerprint density at radius 2 is 1.93 bits per heavy atom. The summed E-state index contributed by atoms with van der Waals surface area (Å²) in [6.45, 7) is 12.3. The first-order chi connectivity index (χ1) is 13.3. The molecule has 3 aliphatic rings. The summed E-state index contributed by atoms with van der Waals surface area (Å²) < 4.78 is 5.73. The summed E-state index contributed by atoms with van der Waals surface area (Å²) >= 11 is 6.24. The fourth-order valence-corrected chi connectivity index (χ4v) is 5.58. The molecule has 30 heavy (non-hydrogen) atoms. The van der Waals surface area contributed by atoms with Crippen LogP contribution in [0.5, 0.6) is 0 Å². The smallest absolute Gasteiger partial charge is 0.239 e. The molecule has 0 saturated carbocycles. The number of carbonyl (C=O) groups is 1. The van der Waals surface area contributed by atoms with Crippen LogP contribution in [-0.4, -0.2) is 65.5 Å². The molecule has 1 aliphatic carbocycles. The van der Waals surface area contributed by atoms with Crippen LogP contribution in [0.15, 0.2) is 12.2 Å². The monoisotopic (exact) mass is 446 g/mol. The van der Waals surface area contributed by atoms with Crippen molar-refractivity contribution in [3.8, 4) is 0 Å². The lowest BCUT2D eigenvalue weighted by molar-refractivity contribution is -0.140. The summed E-state index contributed by atoms with van der Waals surface area (Å²) in [5.41, 5.74) is 0.123. The fraction of sp³-hybridized carbons (Fsp3) is 0.870. The molecule has 6 nitrogen and oxygen atoms in total. The van der Waals surface area contributed by atoms with Crippen molar-refractivity contribution in [1.82, 2.24) is 10.2 Å². The third-order valence-electron chi connectivity index (χ3n) is 7.01. The maximum Gasteiger partial charge on any atom is 0.239 e. The van der Waals surface area contributed by atoms with Crippen LogP contribution in [-0.2, 0) is 9.53 Å². The minimum Gasteiger partial charge on any atom is -0.412 e. The van der Waals surface area contributed by atoms with E-state index in [-0.39, 0.29) is 45.7 Å². The van der Waals surface area contributed by atoms with E-state index in [1.165, 1.54) is 6.42 Å². The molecule has 0 aromatic rings. The van der Waals surface area contributed by atoms with E-state index in [9.17, 15) is 4.79 Å². The van der Waals surface area contributed by atoms with Gasteiger partial charge in [-0.1, -0.05) is 39.8 Å². The number of rotatable bonds is 6. The number of likely N-dealkylation sites (tertiary alicyclic amines) is 1. The van der Waals surface area contributed by atoms with Gasteiger partial charge in [0.1, 0.15) is 0 Å². The van der Waals surface area contributed by atoms with Crippen LogP contribution in [0.1, 0.15) is 59.8 Å². The molecule has 5 N–H and O–H groups in total. The standard InChI is InChI=1S/C23H39ClN2O2.2H2O/c1-16(2)21(25-14-19-6-5-13-28-19)22(27)26-12-11-20(23(3,4)15-26)17-7-9-18(24)10-8-17;;/h7,9,16-21,25H,5-6,8,10-15H2,1-4H3;2*1H2/t17?,18?,19?,20?,21-;;/m1../s1. The fourth-order valence-electron chi connectivity index (χ4n) is 5.37. The van der Waals surface area contributed by atoms with E-state index in [0.29, 0.717) is 11.8 Å². The van der Waals surface area contributed by atoms with Gasteiger partial charge in [0, 0.05) is 26.2 Å². The number of hydrogen-bond donors (Lipinski definition) is 1. The van der Waals surface area contributed by atoms with Crippen LogP contribution in [0.2, 0.25) is 0 Å². The molecule has 2 saturated heterocycles. The Bertz CT molecular complexity index is 563. The average Bonchev–Trinajstić information content (AvgIpc) is 3.15. The highest BCUT2D eigenvalue weighted by molar-refractivity contribution is 6.21. The lowest BCUT2D eigenvalue weighted by Gasteiger charge is -2.48. The predicted molar refractivity (Wildman–Crippen MR) is 123 cm³/mol. The molecular weight excluding hydrogens is 404 g/mol. The number of nitrogens with zero attached hydrogens (tertiary/aromatic N) is 1. The first-order valence-corrected chi connectivity index (χ1v) is 11.7. The molecule has 4 unspecified atom stereocenters. The largest absolute Gasteiger partial charge is 0.412 e. The first-order valence-electron chi connectivity index (χ1n) is 11.2. The first kappa shape index (κ1) is 27.4. The topological polar surface area (TPSA) is 105 Å². The van der Waals surface area contributed by atoms with Crippen LogP contribution in [0.25, 0.3) is 0 Å². The molecule has 2 aliphatic heterocycles. The number of ether oxygens (including phenoxy) is 1. The molecule has 1 amide bonds. The van der Waals surface area contributed by atoms with E-state index in [4.69, 9.17) is 16.3 Å². The summed E-state index contributed by atoms with van der Waals surface area (Å²) in [7, 11) is 0. The second-order valence-electron chi connectivity index (χ2n) is 10.1. The summed E-state index contributed by atoms with van der Waals surface area (Å²) in [5.74, 6) is 1.76. The molecule has 176 valence electrons. The van der Waals surface area contributed by atoms with Crippen LogP contribution < -0.4 is 5.32 Å². The average molecular weight is 447 g/mol. The highest BCUT2D eigenvalue weighted by atomic mass is 35.5. The third kappa shape index (κ3) is 6.67. The van der Waals surface area contributed by atoms with Gasteiger partial charge < -0.3 is 25.9 Å². The zero-order valence-electron chi connectivity index (χ0n) is 19.1. The molecule has 0 radical (unpaired) electrons. The molecule has 7 heteroatoms. The van der Waals surface area contributed by atoms with Gasteiger partial charge in [0.05, 0.1) is 17.5 Å². The van der Waals surface area contributed by atoms with Crippen molar-refractivity contribution in [3.63, 3.8) is 0 Å². The van der Waals surface area contributed by atoms with Crippen molar-refractivity contribution in [1.29, 1.82) is 0 Å². The Labute approximate surface area is 187 Å². The Hall–Kier alpha value is -0.660. The summed E-state index contributed by atoms with van der Waals surface area (Å²) in [5, 5.41) is 3.72. The maximum absolute atomic E-state index is 13.3. The molecule has 0 aromatic carbocycles. The second kappa shape index (κ2) is 11.8. The number of nitrogens with one attached hydrogen (secondary N) is 1. The van der Waals surface area contributed by atoms with Crippen molar-refractivity contribution in [2.45, 2.75) is 77.3 Å². The number of hydrogen-bond acceptors (Lipinski definition) is 3. The number of piperidine rings is 1. The van der Waals surface area contributed by atoms with Crippen LogP contribution in [0.4, 0.5) is 0 Å². The van der Waals surface area contributed by atoms with E-state index in [1.807, 2.05) is 0 Å². The van der Waals surface area contributed by atoms with Gasteiger partial charge in [-0.2, -0.15) is 0 Å². The summed E-state index contributed by atoms with van der Waals surface area (Å²) in [6.07, 6.45) is 10.3. The van der Waals surface area contributed by atoms with Crippen molar-refractivity contribution in [2.24, 2.45) is 23.2 Å². The van der Waals surface area contributed by atoms with Gasteiger partial charge in [-0.3, -0.25) is 4.79 Å². The molecular formula is C23H43ClN2O4. The third-order valence-corrected chi connectivity index (χ3v) is 7.37. The van der Waals surface area contributed by atoms with E-state index in [2.05, 4.69) is 50.1 Å². The quantitative estimate of drug-likeness (QED) is 0.500. The van der Waals surface area contributed by atoms with Crippen molar-refractivity contribution < 1.29 is 20.5 Å². The van der Waals surface area contributed by atoms with Crippen LogP contribution in [0.3, 0.4) is 0 Å². The SMILES string of the molecule is CC(C)[C@@H](NCC1CCCO1)C(=O)N1CCC(C2C=CC(Cl)CC2)C(C)(C)C1.O.O. The van der Waals surface area contributed by atoms with Crippen LogP contribution in [0, 0.1) is 23.2 Å². The van der Waals surface area contributed by atoms with Gasteiger partial charge in [0.25, 0.3) is 0 Å². The second-order valence-corrected chi connectivity index (χ2v) is 10.6.